The Hall–Kier alpha value is -6.27. The summed E-state index contributed by atoms with van der Waals surface area (Å²) in [6.45, 7) is 9.00. The molecule has 1 N–H and O–H groups in total. The SMILES string of the molecule is COc1cccc(-c2cc(C(=O)Cc3ccc(-c4ccc(OC5CCN(CC[C@@H]6N=C(c7ccc(Cl)cc7)c7c(sc(C)c7C)-n7c(C)nnc76)CC5)cc4O)cc3)ccc2OC)c1. The van der Waals surface area contributed by atoms with Crippen LogP contribution in [0.2, 0.25) is 5.02 Å². The van der Waals surface area contributed by atoms with Crippen LogP contribution in [0.15, 0.2) is 114 Å². The van der Waals surface area contributed by atoms with Gasteiger partial charge in [0.05, 0.1) is 19.9 Å². The van der Waals surface area contributed by atoms with Crippen molar-refractivity contribution in [3.63, 3.8) is 0 Å². The number of ketones is 1. The van der Waals surface area contributed by atoms with Crippen LogP contribution in [0.25, 0.3) is 27.3 Å². The van der Waals surface area contributed by atoms with E-state index in [1.807, 2.05) is 91.9 Å². The fourth-order valence-electron chi connectivity index (χ4n) is 8.75. The van der Waals surface area contributed by atoms with Gasteiger partial charge >= 0.3 is 0 Å². The van der Waals surface area contributed by atoms with Crippen molar-refractivity contribution in [3.05, 3.63) is 159 Å². The smallest absolute Gasteiger partial charge is 0.167 e. The van der Waals surface area contributed by atoms with E-state index in [0.29, 0.717) is 27.6 Å². The van der Waals surface area contributed by atoms with E-state index in [1.54, 1.807) is 37.7 Å². The molecule has 0 radical (unpaired) electrons. The number of carbonyl (C=O) groups is 1. The molecule has 12 heteroatoms. The first-order valence-corrected chi connectivity index (χ1v) is 22.8. The highest BCUT2D eigenvalue weighted by atomic mass is 35.5. The molecule has 0 unspecified atom stereocenters. The molecular weight excluding hydrogens is 842 g/mol. The van der Waals surface area contributed by atoms with Crippen molar-refractivity contribution < 1.29 is 24.1 Å². The number of Topliss-reactive ketones (excluding diaryl/α,β-unsaturated/α-hetero) is 1. The summed E-state index contributed by atoms with van der Waals surface area (Å²) < 4.78 is 19.7. The van der Waals surface area contributed by atoms with Crippen LogP contribution in [0.3, 0.4) is 0 Å². The van der Waals surface area contributed by atoms with Crippen LogP contribution in [0.1, 0.15) is 74.4 Å². The van der Waals surface area contributed by atoms with Gasteiger partial charge in [-0.1, -0.05) is 60.1 Å². The highest BCUT2D eigenvalue weighted by Crippen LogP contribution is 2.40. The number of rotatable bonds is 13. The van der Waals surface area contributed by atoms with E-state index in [0.717, 1.165) is 100 Å². The zero-order valence-corrected chi connectivity index (χ0v) is 38.2. The summed E-state index contributed by atoms with van der Waals surface area (Å²) in [4.78, 5) is 22.7. The topological polar surface area (TPSA) is 111 Å². The summed E-state index contributed by atoms with van der Waals surface area (Å²) in [6.07, 6.45) is 2.82. The molecule has 10 nitrogen and oxygen atoms in total. The second-order valence-electron chi connectivity index (χ2n) is 16.5. The maximum Gasteiger partial charge on any atom is 0.167 e. The summed E-state index contributed by atoms with van der Waals surface area (Å²) in [7, 11) is 3.25. The predicted molar refractivity (Wildman–Crippen MR) is 255 cm³/mol. The Balaban J connectivity index is 0.813. The summed E-state index contributed by atoms with van der Waals surface area (Å²) >= 11 is 8.07. The van der Waals surface area contributed by atoms with Crippen molar-refractivity contribution in [1.82, 2.24) is 19.7 Å². The van der Waals surface area contributed by atoms with E-state index in [9.17, 15) is 9.90 Å². The number of phenols is 1. The molecule has 0 saturated carbocycles. The molecule has 1 fully saturated rings. The van der Waals surface area contributed by atoms with Crippen molar-refractivity contribution in [2.24, 2.45) is 4.99 Å². The third-order valence-corrected chi connectivity index (χ3v) is 13.9. The molecule has 2 aliphatic heterocycles. The highest BCUT2D eigenvalue weighted by molar-refractivity contribution is 7.15. The summed E-state index contributed by atoms with van der Waals surface area (Å²) in [5.74, 6) is 3.93. The third kappa shape index (κ3) is 8.80. The molecule has 2 aromatic heterocycles. The Morgan fingerprint density at radius 2 is 1.58 bits per heavy atom. The van der Waals surface area contributed by atoms with E-state index >= 15 is 0 Å². The van der Waals surface area contributed by atoms with Gasteiger partial charge in [-0.2, -0.15) is 0 Å². The third-order valence-electron chi connectivity index (χ3n) is 12.4. The van der Waals surface area contributed by atoms with Crippen LogP contribution < -0.4 is 14.2 Å². The first kappa shape index (κ1) is 43.0. The lowest BCUT2D eigenvalue weighted by Crippen LogP contribution is -2.39. The zero-order valence-electron chi connectivity index (χ0n) is 36.6. The molecule has 64 heavy (non-hydrogen) atoms. The Morgan fingerprint density at radius 3 is 2.31 bits per heavy atom. The normalized spacial score (nSPS) is 15.2. The minimum absolute atomic E-state index is 0.00426. The number of aromatic nitrogens is 3. The number of benzene rings is 5. The minimum Gasteiger partial charge on any atom is -0.507 e. The molecular formula is C52H50ClN5O5S. The maximum atomic E-state index is 13.5. The Labute approximate surface area is 382 Å². The number of aromatic hydroxyl groups is 1. The summed E-state index contributed by atoms with van der Waals surface area (Å²) in [6, 6.07) is 34.3. The molecule has 0 spiro atoms. The number of piperidine rings is 1. The molecule has 5 aromatic carbocycles. The number of nitrogens with zero attached hydrogens (tertiary/aromatic N) is 5. The number of phenolic OH excluding ortho intramolecular Hbond substituents is 1. The van der Waals surface area contributed by atoms with Crippen molar-refractivity contribution in [2.45, 2.75) is 58.6 Å². The van der Waals surface area contributed by atoms with Gasteiger partial charge < -0.3 is 24.2 Å². The van der Waals surface area contributed by atoms with Crippen LogP contribution in [-0.4, -0.2) is 76.2 Å². The van der Waals surface area contributed by atoms with Crippen LogP contribution in [0.5, 0.6) is 23.0 Å². The molecule has 2 aliphatic rings. The largest absolute Gasteiger partial charge is 0.507 e. The van der Waals surface area contributed by atoms with Gasteiger partial charge in [-0.3, -0.25) is 14.4 Å². The lowest BCUT2D eigenvalue weighted by atomic mass is 9.96. The summed E-state index contributed by atoms with van der Waals surface area (Å²) in [5.41, 5.74) is 9.13. The lowest BCUT2D eigenvalue weighted by Gasteiger charge is -2.32. The molecule has 0 amide bonds. The van der Waals surface area contributed by atoms with E-state index < -0.39 is 0 Å². The quantitative estimate of drug-likeness (QED) is 0.114. The number of methoxy groups -OCH3 is 2. The van der Waals surface area contributed by atoms with Crippen LogP contribution in [0, 0.1) is 20.8 Å². The van der Waals surface area contributed by atoms with Crippen molar-refractivity contribution in [2.75, 3.05) is 33.9 Å². The average Bonchev–Trinajstić information content (AvgIpc) is 3.79. The van der Waals surface area contributed by atoms with E-state index in [1.165, 1.54) is 10.4 Å². The van der Waals surface area contributed by atoms with Crippen molar-refractivity contribution in [1.29, 1.82) is 0 Å². The van der Waals surface area contributed by atoms with Crippen molar-refractivity contribution in [3.8, 4) is 50.3 Å². The number of hydrogen-bond donors (Lipinski definition) is 1. The van der Waals surface area contributed by atoms with Gasteiger partial charge in [-0.15, -0.1) is 21.5 Å². The molecule has 7 aromatic rings. The first-order chi connectivity index (χ1) is 31.1. The number of ether oxygens (including phenoxy) is 3. The number of carbonyl (C=O) groups excluding carboxylic acids is 1. The molecule has 0 bridgehead atoms. The molecule has 4 heterocycles. The number of fused-ring (bicyclic) bond motifs is 3. The van der Waals surface area contributed by atoms with Gasteiger partial charge in [-0.25, -0.2) is 0 Å². The number of likely N-dealkylation sites (tertiary alicyclic amines) is 1. The molecule has 1 atom stereocenters. The lowest BCUT2D eigenvalue weighted by molar-refractivity contribution is 0.0984. The van der Waals surface area contributed by atoms with Gasteiger partial charge in [0.15, 0.2) is 11.6 Å². The molecule has 9 rings (SSSR count). The number of thiophene rings is 1. The minimum atomic E-state index is -0.167. The highest BCUT2D eigenvalue weighted by Gasteiger charge is 2.32. The second-order valence-corrected chi connectivity index (χ2v) is 18.1. The Kier molecular flexibility index (Phi) is 12.4. The fourth-order valence-corrected chi connectivity index (χ4v) is 10.1. The van der Waals surface area contributed by atoms with Gasteiger partial charge in [0.2, 0.25) is 0 Å². The molecule has 326 valence electrons. The van der Waals surface area contributed by atoms with Crippen LogP contribution >= 0.6 is 22.9 Å². The Bertz CT molecular complexity index is 2860. The average molecular weight is 893 g/mol. The van der Waals surface area contributed by atoms with Gasteiger partial charge in [-0.05, 0) is 117 Å². The van der Waals surface area contributed by atoms with Gasteiger partial charge in [0.25, 0.3) is 0 Å². The van der Waals surface area contributed by atoms with E-state index in [4.69, 9.17) is 35.9 Å². The predicted octanol–water partition coefficient (Wildman–Crippen LogP) is 11.2. The Morgan fingerprint density at radius 1 is 0.812 bits per heavy atom. The standard InChI is InChI=1S/C52H50ClN5O5S/c1-31-32(2)64-52-49(31)50(36-13-16-39(53)17-14-36)54-45(51-56-55-33(3)58(51)52)23-26-57-24-21-40(22-25-57)63-42-18-19-43(47(60)30-42)35-11-9-34(10-12-35)27-46(59)38-15-20-48(62-5)44(29-38)37-7-6-8-41(28-37)61-4/h6-20,28-30,40,45,60H,21-27H2,1-5H3/t45-/m0/s1. The van der Waals surface area contributed by atoms with Crippen molar-refractivity contribution >= 4 is 34.4 Å². The monoisotopic (exact) mass is 891 g/mol. The number of aryl methyl sites for hydroxylation is 2. The van der Waals surface area contributed by atoms with Crippen LogP contribution in [0.4, 0.5) is 0 Å². The fraction of sp³-hybridized carbons (Fsp3) is 0.269. The van der Waals surface area contributed by atoms with E-state index in [-0.39, 0.29) is 30.1 Å². The zero-order chi connectivity index (χ0) is 44.5. The van der Waals surface area contributed by atoms with E-state index in [2.05, 4.69) is 40.5 Å². The summed E-state index contributed by atoms with van der Waals surface area (Å²) in [5, 5.41) is 22.2. The first-order valence-electron chi connectivity index (χ1n) is 21.6. The maximum absolute atomic E-state index is 13.5. The van der Waals surface area contributed by atoms with Gasteiger partial charge in [0, 0.05) is 69.8 Å². The number of aliphatic imine (C=N–C) groups is 1. The second kappa shape index (κ2) is 18.4. The van der Waals surface area contributed by atoms with Crippen LogP contribution in [-0.2, 0) is 6.42 Å². The molecule has 1 saturated heterocycles. The molecule has 0 aliphatic carbocycles. The number of halogens is 1. The van der Waals surface area contributed by atoms with Gasteiger partial charge in [0.1, 0.15) is 46.0 Å². The number of hydrogen-bond acceptors (Lipinski definition) is 10.